The quantitative estimate of drug-likeness (QED) is 0.0245. The summed E-state index contributed by atoms with van der Waals surface area (Å²) < 4.78 is 5.46. The molecular formula is C58H109NO5. The third-order valence-corrected chi connectivity index (χ3v) is 12.9. The van der Waals surface area contributed by atoms with Gasteiger partial charge in [-0.1, -0.05) is 256 Å². The fraction of sp³-hybridized carbons (Fsp3) is 0.862. The van der Waals surface area contributed by atoms with Crippen LogP contribution in [0.1, 0.15) is 296 Å². The zero-order valence-corrected chi connectivity index (χ0v) is 42.8. The molecule has 0 bridgehead atoms. The second kappa shape index (κ2) is 53.7. The number of aliphatic hydroxyl groups is 2. The van der Waals surface area contributed by atoms with Crippen LogP contribution in [0.2, 0.25) is 0 Å². The highest BCUT2D eigenvalue weighted by Crippen LogP contribution is 2.16. The molecule has 0 aliphatic carbocycles. The molecule has 2 atom stereocenters. The maximum Gasteiger partial charge on any atom is 0.305 e. The summed E-state index contributed by atoms with van der Waals surface area (Å²) in [5.41, 5.74) is 0. The van der Waals surface area contributed by atoms with Gasteiger partial charge in [-0.05, 0) is 64.2 Å². The molecule has 0 aliphatic heterocycles. The standard InChI is InChI=1S/C58H109NO5/c1-3-5-7-9-11-13-15-17-18-25-28-32-36-40-44-48-52-58(63)64-53-49-45-41-37-33-29-26-23-21-19-20-22-24-27-31-35-39-43-47-51-57(62)59-55(54-60)56(61)50-46-42-38-34-30-16-14-12-10-8-6-4-2/h23,26,29,33,46,50,55-56,60-61H,3-22,24-25,27-28,30-32,34-45,47-49,51-54H2,1-2H3,(H,59,62)/b26-23-,33-29-,50-46+. The van der Waals surface area contributed by atoms with Crippen molar-refractivity contribution in [1.82, 2.24) is 5.32 Å². The molecule has 6 nitrogen and oxygen atoms in total. The second-order valence-corrected chi connectivity index (χ2v) is 19.3. The number of allylic oxidation sites excluding steroid dienone is 5. The highest BCUT2D eigenvalue weighted by atomic mass is 16.5. The lowest BCUT2D eigenvalue weighted by molar-refractivity contribution is -0.143. The second-order valence-electron chi connectivity index (χ2n) is 19.3. The van der Waals surface area contributed by atoms with Crippen LogP contribution in [-0.2, 0) is 14.3 Å². The van der Waals surface area contributed by atoms with Gasteiger partial charge in [0.2, 0.25) is 5.91 Å². The van der Waals surface area contributed by atoms with E-state index in [1.165, 1.54) is 193 Å². The molecule has 2 unspecified atom stereocenters. The Kier molecular flexibility index (Phi) is 52.1. The molecule has 1 amide bonds. The third kappa shape index (κ3) is 49.5. The van der Waals surface area contributed by atoms with E-state index in [2.05, 4.69) is 43.5 Å². The van der Waals surface area contributed by atoms with Crippen molar-refractivity contribution in [2.24, 2.45) is 0 Å². The van der Waals surface area contributed by atoms with Crippen molar-refractivity contribution in [3.8, 4) is 0 Å². The predicted molar refractivity (Wildman–Crippen MR) is 278 cm³/mol. The van der Waals surface area contributed by atoms with Crippen molar-refractivity contribution in [1.29, 1.82) is 0 Å². The van der Waals surface area contributed by atoms with Crippen LogP contribution in [0.3, 0.4) is 0 Å². The van der Waals surface area contributed by atoms with Crippen molar-refractivity contribution in [2.75, 3.05) is 13.2 Å². The minimum absolute atomic E-state index is 0.0111. The fourth-order valence-corrected chi connectivity index (χ4v) is 8.57. The molecule has 3 N–H and O–H groups in total. The molecule has 0 aromatic heterocycles. The van der Waals surface area contributed by atoms with Crippen molar-refractivity contribution < 1.29 is 24.5 Å². The molecule has 0 aromatic carbocycles. The first kappa shape index (κ1) is 62.1. The Morgan fingerprint density at radius 3 is 1.16 bits per heavy atom. The van der Waals surface area contributed by atoms with Gasteiger partial charge in [0.25, 0.3) is 0 Å². The van der Waals surface area contributed by atoms with Gasteiger partial charge >= 0.3 is 5.97 Å². The Balaban J connectivity index is 3.48. The summed E-state index contributed by atoms with van der Waals surface area (Å²) >= 11 is 0. The fourth-order valence-electron chi connectivity index (χ4n) is 8.57. The van der Waals surface area contributed by atoms with Crippen molar-refractivity contribution in [2.45, 2.75) is 309 Å². The van der Waals surface area contributed by atoms with Crippen LogP contribution in [0.4, 0.5) is 0 Å². The maximum absolute atomic E-state index is 12.4. The lowest BCUT2D eigenvalue weighted by Gasteiger charge is -2.20. The molecule has 0 spiro atoms. The van der Waals surface area contributed by atoms with E-state index in [1.807, 2.05) is 6.08 Å². The monoisotopic (exact) mass is 900 g/mol. The molecule has 0 aliphatic rings. The normalized spacial score (nSPS) is 12.9. The number of aliphatic hydroxyl groups excluding tert-OH is 2. The number of esters is 1. The summed E-state index contributed by atoms with van der Waals surface area (Å²) in [6.07, 6.45) is 65.9. The highest BCUT2D eigenvalue weighted by Gasteiger charge is 2.18. The first-order chi connectivity index (χ1) is 31.5. The summed E-state index contributed by atoms with van der Waals surface area (Å²) in [6, 6.07) is -0.634. The predicted octanol–water partition coefficient (Wildman–Crippen LogP) is 17.2. The summed E-state index contributed by atoms with van der Waals surface area (Å²) in [7, 11) is 0. The molecular weight excluding hydrogens is 791 g/mol. The Hall–Kier alpha value is -1.92. The van der Waals surface area contributed by atoms with E-state index in [4.69, 9.17) is 4.74 Å². The van der Waals surface area contributed by atoms with Gasteiger partial charge in [-0.3, -0.25) is 9.59 Å². The highest BCUT2D eigenvalue weighted by molar-refractivity contribution is 5.76. The summed E-state index contributed by atoms with van der Waals surface area (Å²) in [5.74, 6) is -0.0898. The van der Waals surface area contributed by atoms with Gasteiger partial charge in [-0.2, -0.15) is 0 Å². The zero-order valence-electron chi connectivity index (χ0n) is 42.8. The molecule has 0 radical (unpaired) electrons. The van der Waals surface area contributed by atoms with E-state index < -0.39 is 12.1 Å². The van der Waals surface area contributed by atoms with Crippen LogP contribution in [0.25, 0.3) is 0 Å². The van der Waals surface area contributed by atoms with Crippen molar-refractivity contribution in [3.05, 3.63) is 36.5 Å². The minimum Gasteiger partial charge on any atom is -0.466 e. The molecule has 0 saturated heterocycles. The van der Waals surface area contributed by atoms with Gasteiger partial charge in [0.05, 0.1) is 25.4 Å². The maximum atomic E-state index is 12.4. The van der Waals surface area contributed by atoms with Gasteiger partial charge in [0.15, 0.2) is 0 Å². The van der Waals surface area contributed by atoms with E-state index in [-0.39, 0.29) is 18.5 Å². The van der Waals surface area contributed by atoms with Gasteiger partial charge in [-0.15, -0.1) is 0 Å². The van der Waals surface area contributed by atoms with Crippen LogP contribution >= 0.6 is 0 Å². The third-order valence-electron chi connectivity index (χ3n) is 12.9. The van der Waals surface area contributed by atoms with Gasteiger partial charge in [0.1, 0.15) is 0 Å². The van der Waals surface area contributed by atoms with Crippen molar-refractivity contribution in [3.63, 3.8) is 0 Å². The van der Waals surface area contributed by atoms with Gasteiger partial charge < -0.3 is 20.3 Å². The number of hydrogen-bond acceptors (Lipinski definition) is 5. The molecule has 0 saturated carbocycles. The lowest BCUT2D eigenvalue weighted by Crippen LogP contribution is -2.45. The minimum atomic E-state index is -0.850. The number of rotatable bonds is 52. The van der Waals surface area contributed by atoms with E-state index in [0.717, 1.165) is 77.0 Å². The van der Waals surface area contributed by atoms with Crippen LogP contribution in [-0.4, -0.2) is 47.4 Å². The Morgan fingerprint density at radius 2 is 0.766 bits per heavy atom. The molecule has 0 fully saturated rings. The molecule has 64 heavy (non-hydrogen) atoms. The van der Waals surface area contributed by atoms with Gasteiger partial charge in [0, 0.05) is 12.8 Å². The topological polar surface area (TPSA) is 95.9 Å². The first-order valence-electron chi connectivity index (χ1n) is 28.3. The van der Waals surface area contributed by atoms with Crippen LogP contribution in [0.15, 0.2) is 36.5 Å². The summed E-state index contributed by atoms with van der Waals surface area (Å²) in [6.45, 7) is 4.86. The average molecular weight is 901 g/mol. The van der Waals surface area contributed by atoms with E-state index >= 15 is 0 Å². The van der Waals surface area contributed by atoms with E-state index in [9.17, 15) is 19.8 Å². The van der Waals surface area contributed by atoms with Gasteiger partial charge in [-0.25, -0.2) is 0 Å². The number of hydrogen-bond donors (Lipinski definition) is 3. The van der Waals surface area contributed by atoms with E-state index in [0.29, 0.717) is 19.4 Å². The molecule has 0 rings (SSSR count). The number of carbonyl (C=O) groups excluding carboxylic acids is 2. The first-order valence-corrected chi connectivity index (χ1v) is 28.3. The summed E-state index contributed by atoms with van der Waals surface area (Å²) in [5, 5.41) is 23.0. The van der Waals surface area contributed by atoms with Crippen LogP contribution in [0.5, 0.6) is 0 Å². The Labute approximate surface area is 398 Å². The average Bonchev–Trinajstić information content (AvgIpc) is 3.29. The number of nitrogens with one attached hydrogen (secondary N) is 1. The summed E-state index contributed by atoms with van der Waals surface area (Å²) in [4.78, 5) is 24.5. The SMILES string of the molecule is CCCCCCCCCCCC/C=C/C(O)C(CO)NC(=O)CCCCCCCCCCCC/C=C\C=C/CCCCCOC(=O)CCCCCCCCCCCCCCCCCC. The van der Waals surface area contributed by atoms with Crippen LogP contribution < -0.4 is 5.32 Å². The smallest absolute Gasteiger partial charge is 0.305 e. The number of unbranched alkanes of at least 4 members (excludes halogenated alkanes) is 38. The van der Waals surface area contributed by atoms with E-state index in [1.54, 1.807) is 6.08 Å². The largest absolute Gasteiger partial charge is 0.466 e. The molecule has 6 heteroatoms. The van der Waals surface area contributed by atoms with Crippen LogP contribution in [0, 0.1) is 0 Å². The number of carbonyl (C=O) groups is 2. The Bertz CT molecular complexity index is 1040. The number of amides is 1. The Morgan fingerprint density at radius 1 is 0.438 bits per heavy atom. The zero-order chi connectivity index (χ0) is 46.5. The molecule has 0 heterocycles. The lowest BCUT2D eigenvalue weighted by atomic mass is 10.0. The molecule has 376 valence electrons. The molecule has 0 aromatic rings. The number of ether oxygens (including phenoxy) is 1. The van der Waals surface area contributed by atoms with Crippen molar-refractivity contribution >= 4 is 11.9 Å².